The number of nitrogen functional groups attached to an aromatic ring is 1. The largest absolute Gasteiger partial charge is 0.494 e. The second kappa shape index (κ2) is 13.8. The summed E-state index contributed by atoms with van der Waals surface area (Å²) < 4.78 is 21.7. The van der Waals surface area contributed by atoms with Gasteiger partial charge in [0.05, 0.1) is 30.3 Å². The number of aryl methyl sites for hydroxylation is 1. The fourth-order valence-corrected chi connectivity index (χ4v) is 3.33. The Hall–Kier alpha value is -4.33. The molecule has 0 bridgehead atoms. The molecule has 3 rings (SSSR count). The van der Waals surface area contributed by atoms with Gasteiger partial charge in [-0.25, -0.2) is 9.59 Å². The molecule has 0 amide bonds. The molecule has 3 aromatic rings. The summed E-state index contributed by atoms with van der Waals surface area (Å²) in [7, 11) is 0. The van der Waals surface area contributed by atoms with Crippen LogP contribution in [0.4, 0.5) is 5.69 Å². The number of hydrogen-bond acceptors (Lipinski definition) is 8. The van der Waals surface area contributed by atoms with E-state index < -0.39 is 11.9 Å². The first-order valence-electron chi connectivity index (χ1n) is 12.6. The second-order valence-electron chi connectivity index (χ2n) is 8.89. The maximum Gasteiger partial charge on any atom is 0.343 e. The molecule has 1 atom stereocenters. The SMILES string of the molecule is CCC(C)C(=O)OCCCCOc1ccc(C(=O)Oc2ccc(C(=O)Oc3ccc(N)cc3C)cc2)cc1. The lowest BCUT2D eigenvalue weighted by molar-refractivity contribution is -0.148. The van der Waals surface area contributed by atoms with Crippen molar-refractivity contribution in [3.8, 4) is 17.2 Å². The van der Waals surface area contributed by atoms with Gasteiger partial charge in [-0.3, -0.25) is 4.79 Å². The lowest BCUT2D eigenvalue weighted by Crippen LogP contribution is -2.15. The van der Waals surface area contributed by atoms with Crippen molar-refractivity contribution < 1.29 is 33.3 Å². The molecular weight excluding hydrogens is 486 g/mol. The van der Waals surface area contributed by atoms with Crippen molar-refractivity contribution in [3.63, 3.8) is 0 Å². The van der Waals surface area contributed by atoms with Crippen LogP contribution in [-0.4, -0.2) is 31.1 Å². The van der Waals surface area contributed by atoms with Crippen molar-refractivity contribution in [2.45, 2.75) is 40.0 Å². The van der Waals surface area contributed by atoms with E-state index in [-0.39, 0.29) is 11.9 Å². The smallest absolute Gasteiger partial charge is 0.343 e. The highest BCUT2D eigenvalue weighted by atomic mass is 16.5. The predicted octanol–water partition coefficient (Wildman–Crippen LogP) is 5.76. The molecule has 0 radical (unpaired) electrons. The van der Waals surface area contributed by atoms with Gasteiger partial charge in [0.15, 0.2) is 0 Å². The molecule has 38 heavy (non-hydrogen) atoms. The van der Waals surface area contributed by atoms with Crippen LogP contribution in [0, 0.1) is 12.8 Å². The Morgan fingerprint density at radius 2 is 1.37 bits per heavy atom. The van der Waals surface area contributed by atoms with E-state index in [4.69, 9.17) is 24.7 Å². The summed E-state index contributed by atoms with van der Waals surface area (Å²) in [6, 6.07) is 17.8. The Bertz CT molecular complexity index is 1240. The summed E-state index contributed by atoms with van der Waals surface area (Å²) in [4.78, 5) is 36.6. The summed E-state index contributed by atoms with van der Waals surface area (Å²) in [5.74, 6) is 0.0336. The molecule has 8 heteroatoms. The van der Waals surface area contributed by atoms with E-state index in [0.717, 1.165) is 18.4 Å². The van der Waals surface area contributed by atoms with Crippen molar-refractivity contribution in [2.75, 3.05) is 18.9 Å². The van der Waals surface area contributed by atoms with E-state index in [1.165, 1.54) is 24.3 Å². The van der Waals surface area contributed by atoms with Gasteiger partial charge in [0.25, 0.3) is 0 Å². The average molecular weight is 520 g/mol. The van der Waals surface area contributed by atoms with E-state index in [1.807, 2.05) is 13.8 Å². The fraction of sp³-hybridized carbons (Fsp3) is 0.300. The first-order valence-corrected chi connectivity index (χ1v) is 12.6. The summed E-state index contributed by atoms with van der Waals surface area (Å²) in [6.07, 6.45) is 2.21. The Morgan fingerprint density at radius 1 is 0.789 bits per heavy atom. The molecule has 0 saturated heterocycles. The zero-order valence-electron chi connectivity index (χ0n) is 21.9. The quantitative estimate of drug-likeness (QED) is 0.139. The van der Waals surface area contributed by atoms with Gasteiger partial charge >= 0.3 is 17.9 Å². The minimum absolute atomic E-state index is 0.0788. The van der Waals surface area contributed by atoms with Crippen molar-refractivity contribution in [2.24, 2.45) is 5.92 Å². The summed E-state index contributed by atoms with van der Waals surface area (Å²) in [5, 5.41) is 0. The number of carbonyl (C=O) groups is 3. The Labute approximate surface area is 222 Å². The van der Waals surface area contributed by atoms with Crippen LogP contribution in [0.25, 0.3) is 0 Å². The van der Waals surface area contributed by atoms with Crippen molar-refractivity contribution >= 4 is 23.6 Å². The Morgan fingerprint density at radius 3 is 1.97 bits per heavy atom. The van der Waals surface area contributed by atoms with Gasteiger partial charge in [-0.15, -0.1) is 0 Å². The highest BCUT2D eigenvalue weighted by Crippen LogP contribution is 2.22. The topological polar surface area (TPSA) is 114 Å². The van der Waals surface area contributed by atoms with E-state index in [1.54, 1.807) is 49.4 Å². The monoisotopic (exact) mass is 519 g/mol. The fourth-order valence-electron chi connectivity index (χ4n) is 3.33. The van der Waals surface area contributed by atoms with Crippen LogP contribution in [0.3, 0.4) is 0 Å². The number of unbranched alkanes of at least 4 members (excludes halogenated alkanes) is 1. The van der Waals surface area contributed by atoms with E-state index in [0.29, 0.717) is 53.7 Å². The van der Waals surface area contributed by atoms with Crippen LogP contribution in [0.1, 0.15) is 59.4 Å². The third-order valence-corrected chi connectivity index (χ3v) is 5.86. The number of rotatable bonds is 12. The third-order valence-electron chi connectivity index (χ3n) is 5.86. The molecule has 0 saturated carbocycles. The molecule has 200 valence electrons. The molecule has 1 unspecified atom stereocenters. The minimum atomic E-state index is -0.535. The number of hydrogen-bond donors (Lipinski definition) is 1. The lowest BCUT2D eigenvalue weighted by Gasteiger charge is -2.10. The maximum atomic E-state index is 12.5. The molecule has 0 aromatic heterocycles. The molecule has 0 aliphatic rings. The zero-order chi connectivity index (χ0) is 27.5. The van der Waals surface area contributed by atoms with Crippen molar-refractivity contribution in [1.82, 2.24) is 0 Å². The van der Waals surface area contributed by atoms with Gasteiger partial charge in [0, 0.05) is 5.69 Å². The molecule has 0 aliphatic heterocycles. The van der Waals surface area contributed by atoms with Gasteiger partial charge in [-0.05, 0) is 98.5 Å². The van der Waals surface area contributed by atoms with Crippen molar-refractivity contribution in [1.29, 1.82) is 0 Å². The minimum Gasteiger partial charge on any atom is -0.494 e. The summed E-state index contributed by atoms with van der Waals surface area (Å²) >= 11 is 0. The standard InChI is InChI=1S/C30H33NO7/c1-4-20(2)28(32)36-18-6-5-17-35-25-12-7-22(8-13-25)29(33)37-26-14-9-23(10-15-26)30(34)38-27-16-11-24(31)19-21(27)3/h7-16,19-20H,4-6,17-18,31H2,1-3H3. The van der Waals surface area contributed by atoms with E-state index >= 15 is 0 Å². The van der Waals surface area contributed by atoms with Gasteiger partial charge < -0.3 is 24.7 Å². The van der Waals surface area contributed by atoms with Crippen LogP contribution in [0.2, 0.25) is 0 Å². The molecule has 0 heterocycles. The van der Waals surface area contributed by atoms with E-state index in [9.17, 15) is 14.4 Å². The normalized spacial score (nSPS) is 11.3. The lowest BCUT2D eigenvalue weighted by atomic mass is 10.1. The van der Waals surface area contributed by atoms with Crippen molar-refractivity contribution in [3.05, 3.63) is 83.4 Å². The van der Waals surface area contributed by atoms with Crippen LogP contribution < -0.4 is 19.9 Å². The van der Waals surface area contributed by atoms with Gasteiger partial charge in [0.1, 0.15) is 17.2 Å². The number of benzene rings is 3. The number of nitrogens with two attached hydrogens (primary N) is 1. The van der Waals surface area contributed by atoms with Gasteiger partial charge in [-0.1, -0.05) is 13.8 Å². The predicted molar refractivity (Wildman–Crippen MR) is 144 cm³/mol. The van der Waals surface area contributed by atoms with Crippen LogP contribution in [0.15, 0.2) is 66.7 Å². The number of carbonyl (C=O) groups excluding carboxylic acids is 3. The molecule has 3 aromatic carbocycles. The number of ether oxygens (including phenoxy) is 4. The first-order chi connectivity index (χ1) is 18.3. The second-order valence-corrected chi connectivity index (χ2v) is 8.89. The molecule has 0 aliphatic carbocycles. The van der Waals surface area contributed by atoms with E-state index in [2.05, 4.69) is 0 Å². The Kier molecular flexibility index (Phi) is 10.3. The van der Waals surface area contributed by atoms with Crippen LogP contribution >= 0.6 is 0 Å². The Balaban J connectivity index is 1.42. The average Bonchev–Trinajstić information content (AvgIpc) is 2.92. The highest BCUT2D eigenvalue weighted by molar-refractivity contribution is 5.92. The summed E-state index contributed by atoms with van der Waals surface area (Å²) in [6.45, 7) is 6.45. The molecule has 0 spiro atoms. The molecule has 8 nitrogen and oxygen atoms in total. The van der Waals surface area contributed by atoms with Gasteiger partial charge in [-0.2, -0.15) is 0 Å². The molecule has 2 N–H and O–H groups in total. The highest BCUT2D eigenvalue weighted by Gasteiger charge is 2.13. The summed E-state index contributed by atoms with van der Waals surface area (Å²) in [5.41, 5.74) is 7.74. The zero-order valence-corrected chi connectivity index (χ0v) is 21.9. The number of anilines is 1. The van der Waals surface area contributed by atoms with Gasteiger partial charge in [0.2, 0.25) is 0 Å². The van der Waals surface area contributed by atoms with Crippen LogP contribution in [0.5, 0.6) is 17.2 Å². The number of esters is 3. The first kappa shape index (κ1) is 28.2. The molecular formula is C30H33NO7. The third kappa shape index (κ3) is 8.37. The van der Waals surface area contributed by atoms with Crippen LogP contribution in [-0.2, 0) is 9.53 Å². The molecule has 0 fully saturated rings. The maximum absolute atomic E-state index is 12.5.